The first-order chi connectivity index (χ1) is 12.6. The van der Waals surface area contributed by atoms with Crippen LogP contribution in [-0.2, 0) is 6.42 Å². The van der Waals surface area contributed by atoms with Crippen molar-refractivity contribution in [3.8, 4) is 6.07 Å². The molecule has 2 atom stereocenters. The Morgan fingerprint density at radius 1 is 1.23 bits per heavy atom. The van der Waals surface area contributed by atoms with Crippen LogP contribution in [0.1, 0.15) is 22.7 Å². The highest BCUT2D eigenvalue weighted by Gasteiger charge is 2.31. The molecule has 0 bridgehead atoms. The Morgan fingerprint density at radius 2 is 2.04 bits per heavy atom. The summed E-state index contributed by atoms with van der Waals surface area (Å²) in [5.41, 5.74) is 2.28. The summed E-state index contributed by atoms with van der Waals surface area (Å²) in [4.78, 5) is 12.1. The molecular weight excluding hydrogens is 335 g/mol. The minimum atomic E-state index is -0.651. The quantitative estimate of drug-likeness (QED) is 0.618. The van der Waals surface area contributed by atoms with E-state index in [4.69, 9.17) is 5.26 Å². The number of hydrogen-bond donors (Lipinski definition) is 4. The zero-order chi connectivity index (χ0) is 18.5. The van der Waals surface area contributed by atoms with Crippen molar-refractivity contribution < 1.29 is 14.3 Å². The second-order valence-corrected chi connectivity index (χ2v) is 6.05. The van der Waals surface area contributed by atoms with E-state index >= 15 is 0 Å². The predicted molar refractivity (Wildman–Crippen MR) is 95.0 cm³/mol. The molecule has 0 aliphatic heterocycles. The van der Waals surface area contributed by atoms with Crippen molar-refractivity contribution >= 4 is 11.7 Å². The van der Waals surface area contributed by atoms with Gasteiger partial charge in [0.15, 0.2) is 0 Å². The molecule has 0 saturated heterocycles. The summed E-state index contributed by atoms with van der Waals surface area (Å²) in [6.45, 7) is 0.604. The average molecular weight is 354 g/mol. The molecule has 0 saturated carbocycles. The highest BCUT2D eigenvalue weighted by atomic mass is 19.1. The van der Waals surface area contributed by atoms with E-state index in [1.807, 2.05) is 30.3 Å². The standard InChI is InChI=1S/C19H19FN4O2/c20-15-6-3-7-16(14(15)11-21)22-8-9-23-19(26)24-18-13-5-2-1-4-12(13)10-17(18)25/h1-7,17-18,22,25H,8-10H2,(H2,23,24,26)/t17-,18+/m0/s1. The Kier molecular flexibility index (Phi) is 5.34. The van der Waals surface area contributed by atoms with Gasteiger partial charge in [0.2, 0.25) is 0 Å². The number of nitriles is 1. The van der Waals surface area contributed by atoms with Crippen LogP contribution < -0.4 is 16.0 Å². The van der Waals surface area contributed by atoms with Crippen molar-refractivity contribution in [2.75, 3.05) is 18.4 Å². The van der Waals surface area contributed by atoms with Gasteiger partial charge in [-0.2, -0.15) is 5.26 Å². The third kappa shape index (κ3) is 3.76. The molecule has 0 unspecified atom stereocenters. The lowest BCUT2D eigenvalue weighted by Gasteiger charge is -2.18. The minimum Gasteiger partial charge on any atom is -0.390 e. The van der Waals surface area contributed by atoms with Crippen molar-refractivity contribution in [2.24, 2.45) is 0 Å². The second-order valence-electron chi connectivity index (χ2n) is 6.05. The van der Waals surface area contributed by atoms with Crippen LogP contribution >= 0.6 is 0 Å². The van der Waals surface area contributed by atoms with Crippen LogP contribution in [0.15, 0.2) is 42.5 Å². The number of carbonyl (C=O) groups is 1. The molecule has 0 fully saturated rings. The van der Waals surface area contributed by atoms with Crippen LogP contribution in [0.2, 0.25) is 0 Å². The third-order valence-corrected chi connectivity index (χ3v) is 4.34. The Morgan fingerprint density at radius 3 is 2.85 bits per heavy atom. The van der Waals surface area contributed by atoms with E-state index in [0.29, 0.717) is 18.7 Å². The van der Waals surface area contributed by atoms with Gasteiger partial charge in [0.1, 0.15) is 17.4 Å². The van der Waals surface area contributed by atoms with E-state index in [1.165, 1.54) is 12.1 Å². The average Bonchev–Trinajstić information content (AvgIpc) is 2.94. The number of aliphatic hydroxyl groups is 1. The SMILES string of the molecule is N#Cc1c(F)cccc1NCCNC(=O)N[C@@H]1c2ccccc2C[C@@H]1O. The van der Waals surface area contributed by atoms with Gasteiger partial charge in [-0.05, 0) is 23.3 Å². The number of rotatable bonds is 5. The van der Waals surface area contributed by atoms with E-state index in [-0.39, 0.29) is 12.1 Å². The number of aliphatic hydroxyl groups excluding tert-OH is 1. The molecule has 2 aromatic carbocycles. The number of carbonyl (C=O) groups excluding carboxylic acids is 1. The largest absolute Gasteiger partial charge is 0.390 e. The summed E-state index contributed by atoms with van der Waals surface area (Å²) in [5, 5.41) is 27.5. The molecule has 0 spiro atoms. The number of nitrogens with one attached hydrogen (secondary N) is 3. The van der Waals surface area contributed by atoms with Crippen molar-refractivity contribution in [1.82, 2.24) is 10.6 Å². The zero-order valence-electron chi connectivity index (χ0n) is 14.0. The molecule has 7 heteroatoms. The van der Waals surface area contributed by atoms with Gasteiger partial charge in [0.05, 0.1) is 17.8 Å². The molecule has 1 aliphatic rings. The Hall–Kier alpha value is -3.11. The Bertz CT molecular complexity index is 850. The minimum absolute atomic E-state index is 0.0531. The number of amides is 2. The first-order valence-corrected chi connectivity index (χ1v) is 8.33. The highest BCUT2D eigenvalue weighted by molar-refractivity contribution is 5.75. The molecule has 134 valence electrons. The van der Waals surface area contributed by atoms with Gasteiger partial charge in [0.25, 0.3) is 0 Å². The van der Waals surface area contributed by atoms with Crippen LogP contribution in [0.4, 0.5) is 14.9 Å². The van der Waals surface area contributed by atoms with Crippen LogP contribution in [0.25, 0.3) is 0 Å². The topological polar surface area (TPSA) is 97.2 Å². The van der Waals surface area contributed by atoms with E-state index in [9.17, 15) is 14.3 Å². The summed E-state index contributed by atoms with van der Waals surface area (Å²) in [6.07, 6.45) is -0.138. The van der Waals surface area contributed by atoms with E-state index in [2.05, 4.69) is 16.0 Å². The molecule has 26 heavy (non-hydrogen) atoms. The number of urea groups is 1. The first kappa shape index (κ1) is 17.7. The van der Waals surface area contributed by atoms with Crippen LogP contribution in [0.3, 0.4) is 0 Å². The van der Waals surface area contributed by atoms with Crippen LogP contribution in [0, 0.1) is 17.1 Å². The molecule has 6 nitrogen and oxygen atoms in total. The maximum Gasteiger partial charge on any atom is 0.315 e. The normalized spacial score (nSPS) is 17.9. The van der Waals surface area contributed by atoms with Gasteiger partial charge < -0.3 is 21.1 Å². The second kappa shape index (κ2) is 7.85. The number of halogens is 1. The Labute approximate surface area is 150 Å². The number of fused-ring (bicyclic) bond motifs is 1. The number of anilines is 1. The van der Waals surface area contributed by atoms with Crippen LogP contribution in [0.5, 0.6) is 0 Å². The van der Waals surface area contributed by atoms with Crippen molar-refractivity contribution in [1.29, 1.82) is 5.26 Å². The third-order valence-electron chi connectivity index (χ3n) is 4.34. The fraction of sp³-hybridized carbons (Fsp3) is 0.263. The molecule has 1 aliphatic carbocycles. The smallest absolute Gasteiger partial charge is 0.315 e. The molecule has 2 aromatic rings. The van der Waals surface area contributed by atoms with Gasteiger partial charge in [-0.1, -0.05) is 30.3 Å². The van der Waals surface area contributed by atoms with E-state index in [0.717, 1.165) is 11.1 Å². The first-order valence-electron chi connectivity index (χ1n) is 8.33. The van der Waals surface area contributed by atoms with E-state index < -0.39 is 24.0 Å². The number of benzene rings is 2. The molecular formula is C19H19FN4O2. The lowest BCUT2D eigenvalue weighted by molar-refractivity contribution is 0.142. The lowest BCUT2D eigenvalue weighted by atomic mass is 10.1. The fourth-order valence-electron chi connectivity index (χ4n) is 3.10. The molecule has 0 radical (unpaired) electrons. The summed E-state index contributed by atoms with van der Waals surface area (Å²) >= 11 is 0. The van der Waals surface area contributed by atoms with Crippen molar-refractivity contribution in [3.63, 3.8) is 0 Å². The summed E-state index contributed by atoms with van der Waals surface area (Å²) in [7, 11) is 0. The molecule has 0 heterocycles. The lowest BCUT2D eigenvalue weighted by Crippen LogP contribution is -2.42. The number of hydrogen-bond acceptors (Lipinski definition) is 4. The monoisotopic (exact) mass is 354 g/mol. The van der Waals surface area contributed by atoms with Crippen molar-refractivity contribution in [2.45, 2.75) is 18.6 Å². The van der Waals surface area contributed by atoms with Gasteiger partial charge in [-0.3, -0.25) is 0 Å². The van der Waals surface area contributed by atoms with Gasteiger partial charge in [-0.25, -0.2) is 9.18 Å². The van der Waals surface area contributed by atoms with Gasteiger partial charge in [-0.15, -0.1) is 0 Å². The number of nitrogens with zero attached hydrogens (tertiary/aromatic N) is 1. The maximum atomic E-state index is 13.5. The summed E-state index contributed by atoms with van der Waals surface area (Å²) < 4.78 is 13.5. The Balaban J connectivity index is 1.49. The highest BCUT2D eigenvalue weighted by Crippen LogP contribution is 2.31. The summed E-state index contributed by atoms with van der Waals surface area (Å²) in [6, 6.07) is 12.9. The van der Waals surface area contributed by atoms with Crippen molar-refractivity contribution in [3.05, 3.63) is 65.0 Å². The summed E-state index contributed by atoms with van der Waals surface area (Å²) in [5.74, 6) is -0.586. The molecule has 3 rings (SSSR count). The van der Waals surface area contributed by atoms with Gasteiger partial charge >= 0.3 is 6.03 Å². The fourth-order valence-corrected chi connectivity index (χ4v) is 3.10. The van der Waals surface area contributed by atoms with Gasteiger partial charge in [0, 0.05) is 19.5 Å². The molecule has 4 N–H and O–H groups in total. The maximum absolute atomic E-state index is 13.5. The van der Waals surface area contributed by atoms with Crippen LogP contribution in [-0.4, -0.2) is 30.3 Å². The molecule has 2 amide bonds. The zero-order valence-corrected chi connectivity index (χ0v) is 14.0. The van der Waals surface area contributed by atoms with E-state index in [1.54, 1.807) is 6.07 Å². The molecule has 0 aromatic heterocycles. The predicted octanol–water partition coefficient (Wildman–Crippen LogP) is 2.07.